The molecule has 1 saturated carbocycles. The van der Waals surface area contributed by atoms with Crippen LogP contribution >= 0.6 is 0 Å². The van der Waals surface area contributed by atoms with Gasteiger partial charge in [-0.1, -0.05) is 66.7 Å². The monoisotopic (exact) mass is 452 g/mol. The lowest BCUT2D eigenvalue weighted by atomic mass is 9.95. The summed E-state index contributed by atoms with van der Waals surface area (Å²) in [7, 11) is 1.83. The third kappa shape index (κ3) is 4.19. The van der Waals surface area contributed by atoms with Crippen LogP contribution in [0.2, 0.25) is 0 Å². The first-order chi connectivity index (χ1) is 16.5. The van der Waals surface area contributed by atoms with Crippen LogP contribution in [-0.4, -0.2) is 45.6 Å². The van der Waals surface area contributed by atoms with E-state index in [2.05, 4.69) is 10.4 Å². The lowest BCUT2D eigenvalue weighted by molar-refractivity contribution is 0.0736. The summed E-state index contributed by atoms with van der Waals surface area (Å²) in [5.41, 5.74) is 4.99. The standard InChI is InChI=1S/C28H28N4O2/c1-19-9-8-13-22(20-10-4-3-5-11-20)25(19)28(34)32(21-15-16-21)18-17-29-27(33)26-23-12-6-7-14-24(23)31(2)30-26/h3-14,21H,15-18H2,1-2H3,(H,29,33). The molecule has 0 aliphatic heterocycles. The minimum absolute atomic E-state index is 0.0250. The zero-order valence-corrected chi connectivity index (χ0v) is 19.5. The summed E-state index contributed by atoms with van der Waals surface area (Å²) in [5, 5.41) is 8.20. The van der Waals surface area contributed by atoms with E-state index in [0.717, 1.165) is 46.0 Å². The van der Waals surface area contributed by atoms with Crippen LogP contribution in [-0.2, 0) is 7.05 Å². The van der Waals surface area contributed by atoms with Crippen LogP contribution in [0.15, 0.2) is 72.8 Å². The van der Waals surface area contributed by atoms with Crippen LogP contribution in [0, 0.1) is 6.92 Å². The number of aryl methyl sites for hydroxylation is 2. The van der Waals surface area contributed by atoms with E-state index < -0.39 is 0 Å². The third-order valence-corrected chi connectivity index (χ3v) is 6.43. The Hall–Kier alpha value is -3.93. The molecule has 1 aromatic heterocycles. The highest BCUT2D eigenvalue weighted by atomic mass is 16.2. The molecule has 6 heteroatoms. The fourth-order valence-corrected chi connectivity index (χ4v) is 4.54. The molecule has 1 fully saturated rings. The molecule has 4 aromatic rings. The van der Waals surface area contributed by atoms with Crippen molar-refractivity contribution in [3.8, 4) is 11.1 Å². The summed E-state index contributed by atoms with van der Waals surface area (Å²) in [6, 6.07) is 23.9. The van der Waals surface area contributed by atoms with Gasteiger partial charge in [-0.3, -0.25) is 14.3 Å². The number of hydrogen-bond acceptors (Lipinski definition) is 3. The molecule has 1 heterocycles. The van der Waals surface area contributed by atoms with E-state index in [1.807, 2.05) is 91.7 Å². The number of rotatable bonds is 7. The fraction of sp³-hybridized carbons (Fsp3) is 0.250. The quantitative estimate of drug-likeness (QED) is 0.446. The van der Waals surface area contributed by atoms with Crippen LogP contribution in [0.3, 0.4) is 0 Å². The van der Waals surface area contributed by atoms with E-state index in [0.29, 0.717) is 18.8 Å². The number of carbonyl (C=O) groups is 2. The minimum Gasteiger partial charge on any atom is -0.349 e. The first-order valence-electron chi connectivity index (χ1n) is 11.7. The molecular formula is C28H28N4O2. The first-order valence-corrected chi connectivity index (χ1v) is 11.7. The van der Waals surface area contributed by atoms with Gasteiger partial charge < -0.3 is 10.2 Å². The molecule has 0 unspecified atom stereocenters. The van der Waals surface area contributed by atoms with Crippen molar-refractivity contribution < 1.29 is 9.59 Å². The highest BCUT2D eigenvalue weighted by molar-refractivity contribution is 6.05. The van der Waals surface area contributed by atoms with Gasteiger partial charge in [0.2, 0.25) is 0 Å². The molecule has 3 aromatic carbocycles. The van der Waals surface area contributed by atoms with Gasteiger partial charge in [-0.15, -0.1) is 0 Å². The molecule has 5 rings (SSSR count). The maximum atomic E-state index is 13.8. The van der Waals surface area contributed by atoms with Crippen molar-refractivity contribution in [3.05, 3.63) is 89.6 Å². The lowest BCUT2D eigenvalue weighted by Gasteiger charge is -2.25. The second-order valence-corrected chi connectivity index (χ2v) is 8.84. The third-order valence-electron chi connectivity index (χ3n) is 6.43. The van der Waals surface area contributed by atoms with Crippen LogP contribution in [0.4, 0.5) is 0 Å². The lowest BCUT2D eigenvalue weighted by Crippen LogP contribution is -2.40. The Labute approximate surface area is 199 Å². The molecule has 2 amide bonds. The summed E-state index contributed by atoms with van der Waals surface area (Å²) < 4.78 is 1.72. The van der Waals surface area contributed by atoms with Crippen molar-refractivity contribution in [3.63, 3.8) is 0 Å². The predicted octanol–water partition coefficient (Wildman–Crippen LogP) is 4.58. The van der Waals surface area contributed by atoms with Crippen LogP contribution in [0.5, 0.6) is 0 Å². The maximum Gasteiger partial charge on any atom is 0.272 e. The SMILES string of the molecule is Cc1cccc(-c2ccccc2)c1C(=O)N(CCNC(=O)c1nn(C)c2ccccc12)C1CC1. The molecule has 1 N–H and O–H groups in total. The van der Waals surface area contributed by atoms with Crippen molar-refractivity contribution in [1.29, 1.82) is 0 Å². The zero-order valence-electron chi connectivity index (χ0n) is 19.5. The molecule has 1 aliphatic rings. The van der Waals surface area contributed by atoms with Crippen molar-refractivity contribution >= 4 is 22.7 Å². The smallest absolute Gasteiger partial charge is 0.272 e. The Morgan fingerprint density at radius 2 is 1.74 bits per heavy atom. The summed E-state index contributed by atoms with van der Waals surface area (Å²) in [5.74, 6) is -0.196. The summed E-state index contributed by atoms with van der Waals surface area (Å²) in [4.78, 5) is 28.6. The number of para-hydroxylation sites is 1. The van der Waals surface area contributed by atoms with Crippen molar-refractivity contribution in [2.75, 3.05) is 13.1 Å². The normalized spacial score (nSPS) is 13.1. The van der Waals surface area contributed by atoms with E-state index in [-0.39, 0.29) is 17.9 Å². The second-order valence-electron chi connectivity index (χ2n) is 8.84. The molecule has 6 nitrogen and oxygen atoms in total. The Balaban J connectivity index is 1.34. The second kappa shape index (κ2) is 9.14. The van der Waals surface area contributed by atoms with Gasteiger partial charge in [-0.2, -0.15) is 5.10 Å². The van der Waals surface area contributed by atoms with Crippen LogP contribution in [0.1, 0.15) is 39.3 Å². The van der Waals surface area contributed by atoms with Gasteiger partial charge in [0.1, 0.15) is 0 Å². The van der Waals surface area contributed by atoms with Gasteiger partial charge >= 0.3 is 0 Å². The average molecular weight is 453 g/mol. The van der Waals surface area contributed by atoms with Crippen molar-refractivity contribution in [1.82, 2.24) is 20.0 Å². The molecule has 1 aliphatic carbocycles. The summed E-state index contributed by atoms with van der Waals surface area (Å²) >= 11 is 0. The molecule has 0 bridgehead atoms. The van der Waals surface area contributed by atoms with Gasteiger partial charge in [0.15, 0.2) is 5.69 Å². The number of benzene rings is 3. The zero-order chi connectivity index (χ0) is 23.7. The Bertz CT molecular complexity index is 1360. The topological polar surface area (TPSA) is 67.2 Å². The molecule has 34 heavy (non-hydrogen) atoms. The number of hydrogen-bond donors (Lipinski definition) is 1. The van der Waals surface area contributed by atoms with E-state index in [9.17, 15) is 9.59 Å². The van der Waals surface area contributed by atoms with Crippen LogP contribution in [0.25, 0.3) is 22.0 Å². The number of nitrogens with one attached hydrogen (secondary N) is 1. The summed E-state index contributed by atoms with van der Waals surface area (Å²) in [6.07, 6.45) is 1.99. The van der Waals surface area contributed by atoms with E-state index in [1.54, 1.807) is 4.68 Å². The van der Waals surface area contributed by atoms with Gasteiger partial charge in [0.05, 0.1) is 11.1 Å². The first kappa shape index (κ1) is 21.9. The van der Waals surface area contributed by atoms with E-state index >= 15 is 0 Å². The molecule has 0 saturated heterocycles. The van der Waals surface area contributed by atoms with Gasteiger partial charge in [-0.05, 0) is 42.5 Å². The summed E-state index contributed by atoms with van der Waals surface area (Å²) in [6.45, 7) is 2.82. The van der Waals surface area contributed by atoms with Gasteiger partial charge in [0.25, 0.3) is 11.8 Å². The molecule has 0 spiro atoms. The minimum atomic E-state index is -0.221. The highest BCUT2D eigenvalue weighted by Gasteiger charge is 2.34. The van der Waals surface area contributed by atoms with Crippen LogP contribution < -0.4 is 5.32 Å². The number of nitrogens with zero attached hydrogens (tertiary/aromatic N) is 3. The van der Waals surface area contributed by atoms with Crippen molar-refractivity contribution in [2.45, 2.75) is 25.8 Å². The molecular weight excluding hydrogens is 424 g/mol. The molecule has 172 valence electrons. The molecule has 0 radical (unpaired) electrons. The van der Waals surface area contributed by atoms with Crippen molar-refractivity contribution in [2.24, 2.45) is 7.05 Å². The maximum absolute atomic E-state index is 13.8. The number of aromatic nitrogens is 2. The fourth-order valence-electron chi connectivity index (χ4n) is 4.54. The largest absolute Gasteiger partial charge is 0.349 e. The number of carbonyl (C=O) groups excluding carboxylic acids is 2. The van der Waals surface area contributed by atoms with E-state index in [1.165, 1.54) is 0 Å². The predicted molar refractivity (Wildman–Crippen MR) is 134 cm³/mol. The highest BCUT2D eigenvalue weighted by Crippen LogP contribution is 2.32. The van der Waals surface area contributed by atoms with Gasteiger partial charge in [-0.25, -0.2) is 0 Å². The van der Waals surface area contributed by atoms with E-state index in [4.69, 9.17) is 0 Å². The molecule has 0 atom stereocenters. The average Bonchev–Trinajstić information content (AvgIpc) is 3.64. The number of amides is 2. The van der Waals surface area contributed by atoms with Gasteiger partial charge in [0, 0.05) is 31.6 Å². The Morgan fingerprint density at radius 1 is 1.00 bits per heavy atom. The Kier molecular flexibility index (Phi) is 5.88. The number of fused-ring (bicyclic) bond motifs is 1. The Morgan fingerprint density at radius 3 is 2.50 bits per heavy atom.